The Hall–Kier alpha value is -0.630. The van der Waals surface area contributed by atoms with Gasteiger partial charge < -0.3 is 15.1 Å². The highest BCUT2D eigenvalue weighted by molar-refractivity contribution is 5.05. The van der Waals surface area contributed by atoms with Crippen LogP contribution in [-0.4, -0.2) is 61.7 Å². The Bertz CT molecular complexity index is 320. The molecule has 1 N–H and O–H groups in total. The van der Waals surface area contributed by atoms with Crippen LogP contribution < -0.4 is 5.32 Å². The molecule has 20 heavy (non-hydrogen) atoms. The largest absolute Gasteiger partial charge is 0.302 e. The van der Waals surface area contributed by atoms with Gasteiger partial charge in [0, 0.05) is 32.7 Å². The van der Waals surface area contributed by atoms with Crippen LogP contribution in [0.2, 0.25) is 0 Å². The molecule has 1 unspecified atom stereocenters. The Balaban J connectivity index is 1.62. The van der Waals surface area contributed by atoms with E-state index >= 15 is 0 Å². The van der Waals surface area contributed by atoms with E-state index in [9.17, 15) is 5.26 Å². The van der Waals surface area contributed by atoms with Gasteiger partial charge in [-0.2, -0.15) is 5.26 Å². The first-order valence-electron chi connectivity index (χ1n) is 8.26. The van der Waals surface area contributed by atoms with Gasteiger partial charge in [0.15, 0.2) is 0 Å². The van der Waals surface area contributed by atoms with Crippen molar-refractivity contribution in [2.75, 3.05) is 46.3 Å². The molecule has 1 saturated carbocycles. The van der Waals surface area contributed by atoms with Crippen LogP contribution in [0.4, 0.5) is 0 Å². The van der Waals surface area contributed by atoms with Gasteiger partial charge in [-0.05, 0) is 51.6 Å². The molecule has 0 aromatic rings. The lowest BCUT2D eigenvalue weighted by molar-refractivity contribution is 0.125. The molecular weight excluding hydrogens is 248 g/mol. The average Bonchev–Trinajstić information content (AvgIpc) is 3.30. The van der Waals surface area contributed by atoms with Crippen molar-refractivity contribution in [1.82, 2.24) is 15.1 Å². The maximum absolute atomic E-state index is 9.31. The number of nitrogens with one attached hydrogen (secondary N) is 1. The lowest BCUT2D eigenvalue weighted by atomic mass is 9.92. The lowest BCUT2D eigenvalue weighted by Crippen LogP contribution is -2.47. The number of rotatable bonds is 8. The molecule has 1 aliphatic carbocycles. The van der Waals surface area contributed by atoms with Crippen molar-refractivity contribution in [3.05, 3.63) is 0 Å². The minimum Gasteiger partial charge on any atom is -0.302 e. The SMILES string of the molecule is CCC(C#N)(CCCN1CCN(CC2CC2)CC1)NC. The molecule has 1 atom stereocenters. The van der Waals surface area contributed by atoms with E-state index in [1.165, 1.54) is 45.6 Å². The van der Waals surface area contributed by atoms with Gasteiger partial charge in [-0.1, -0.05) is 6.92 Å². The quantitative estimate of drug-likeness (QED) is 0.733. The predicted octanol–water partition coefficient (Wildman–Crippen LogP) is 1.69. The molecule has 0 aromatic carbocycles. The standard InChI is InChI=1S/C16H30N4/c1-3-16(14-17,18-2)7-4-8-19-9-11-20(12-10-19)13-15-5-6-15/h15,18H,3-13H2,1-2H3. The molecule has 2 aliphatic rings. The number of nitrogens with zero attached hydrogens (tertiary/aromatic N) is 3. The molecule has 1 aliphatic heterocycles. The molecule has 0 radical (unpaired) electrons. The van der Waals surface area contributed by atoms with E-state index in [1.807, 2.05) is 7.05 Å². The fourth-order valence-electron chi connectivity index (χ4n) is 3.13. The molecule has 114 valence electrons. The van der Waals surface area contributed by atoms with Gasteiger partial charge in [0.2, 0.25) is 0 Å². The van der Waals surface area contributed by atoms with Crippen LogP contribution in [0.1, 0.15) is 39.0 Å². The van der Waals surface area contributed by atoms with Crippen molar-refractivity contribution in [2.24, 2.45) is 5.92 Å². The topological polar surface area (TPSA) is 42.3 Å². The molecule has 0 amide bonds. The van der Waals surface area contributed by atoms with Crippen LogP contribution in [0.5, 0.6) is 0 Å². The van der Waals surface area contributed by atoms with Crippen LogP contribution in [0.15, 0.2) is 0 Å². The van der Waals surface area contributed by atoms with Gasteiger partial charge >= 0.3 is 0 Å². The summed E-state index contributed by atoms with van der Waals surface area (Å²) >= 11 is 0. The van der Waals surface area contributed by atoms with E-state index in [4.69, 9.17) is 0 Å². The van der Waals surface area contributed by atoms with Crippen molar-refractivity contribution < 1.29 is 0 Å². The van der Waals surface area contributed by atoms with E-state index < -0.39 is 0 Å². The Morgan fingerprint density at radius 1 is 1.20 bits per heavy atom. The fraction of sp³-hybridized carbons (Fsp3) is 0.938. The summed E-state index contributed by atoms with van der Waals surface area (Å²) in [6.45, 7) is 9.45. The van der Waals surface area contributed by atoms with Crippen molar-refractivity contribution >= 4 is 0 Å². The van der Waals surface area contributed by atoms with Crippen LogP contribution in [0.3, 0.4) is 0 Å². The van der Waals surface area contributed by atoms with Gasteiger partial charge in [-0.25, -0.2) is 0 Å². The van der Waals surface area contributed by atoms with Crippen LogP contribution in [0.25, 0.3) is 0 Å². The predicted molar refractivity (Wildman–Crippen MR) is 82.5 cm³/mol. The van der Waals surface area contributed by atoms with Gasteiger partial charge in [0.25, 0.3) is 0 Å². The van der Waals surface area contributed by atoms with E-state index in [0.29, 0.717) is 0 Å². The average molecular weight is 278 g/mol. The number of nitriles is 1. The molecule has 2 fully saturated rings. The third kappa shape index (κ3) is 4.44. The van der Waals surface area contributed by atoms with Gasteiger partial charge in [0.1, 0.15) is 5.54 Å². The molecule has 0 aromatic heterocycles. The van der Waals surface area contributed by atoms with Crippen LogP contribution in [-0.2, 0) is 0 Å². The third-order valence-corrected chi connectivity index (χ3v) is 5.05. The van der Waals surface area contributed by atoms with E-state index in [-0.39, 0.29) is 5.54 Å². The first-order chi connectivity index (χ1) is 9.71. The number of hydrogen-bond acceptors (Lipinski definition) is 4. The molecular formula is C16H30N4. The summed E-state index contributed by atoms with van der Waals surface area (Å²) in [5.41, 5.74) is -0.312. The Morgan fingerprint density at radius 2 is 1.85 bits per heavy atom. The van der Waals surface area contributed by atoms with Crippen molar-refractivity contribution in [3.8, 4) is 6.07 Å². The van der Waals surface area contributed by atoms with E-state index in [0.717, 1.165) is 31.7 Å². The van der Waals surface area contributed by atoms with Crippen LogP contribution >= 0.6 is 0 Å². The molecule has 2 rings (SSSR count). The normalized spacial score (nSPS) is 24.2. The second kappa shape index (κ2) is 7.40. The number of piperazine rings is 1. The highest BCUT2D eigenvalue weighted by atomic mass is 15.3. The maximum atomic E-state index is 9.31. The smallest absolute Gasteiger partial charge is 0.106 e. The first-order valence-corrected chi connectivity index (χ1v) is 8.26. The van der Waals surface area contributed by atoms with Crippen molar-refractivity contribution in [1.29, 1.82) is 5.26 Å². The summed E-state index contributed by atoms with van der Waals surface area (Å²) in [6.07, 6.45) is 5.87. The summed E-state index contributed by atoms with van der Waals surface area (Å²) in [7, 11) is 1.91. The molecule has 0 spiro atoms. The summed E-state index contributed by atoms with van der Waals surface area (Å²) in [5, 5.41) is 12.5. The summed E-state index contributed by atoms with van der Waals surface area (Å²) in [4.78, 5) is 5.20. The summed E-state index contributed by atoms with van der Waals surface area (Å²) in [5.74, 6) is 1.01. The second-order valence-electron chi connectivity index (χ2n) is 6.49. The minimum absolute atomic E-state index is 0.312. The summed E-state index contributed by atoms with van der Waals surface area (Å²) < 4.78 is 0. The zero-order valence-electron chi connectivity index (χ0n) is 13.2. The Labute approximate surface area is 124 Å². The summed E-state index contributed by atoms with van der Waals surface area (Å²) in [6, 6.07) is 2.45. The number of hydrogen-bond donors (Lipinski definition) is 1. The highest BCUT2D eigenvalue weighted by Gasteiger charge is 2.27. The molecule has 1 saturated heterocycles. The highest BCUT2D eigenvalue weighted by Crippen LogP contribution is 2.29. The molecule has 1 heterocycles. The van der Waals surface area contributed by atoms with Crippen molar-refractivity contribution in [2.45, 2.75) is 44.6 Å². The molecule has 4 nitrogen and oxygen atoms in total. The molecule has 4 heteroatoms. The Kier molecular flexibility index (Phi) is 5.83. The van der Waals surface area contributed by atoms with E-state index in [1.54, 1.807) is 0 Å². The van der Waals surface area contributed by atoms with Crippen molar-refractivity contribution in [3.63, 3.8) is 0 Å². The minimum atomic E-state index is -0.312. The second-order valence-corrected chi connectivity index (χ2v) is 6.49. The van der Waals surface area contributed by atoms with Gasteiger partial charge in [-0.15, -0.1) is 0 Å². The van der Waals surface area contributed by atoms with Gasteiger partial charge in [0.05, 0.1) is 6.07 Å². The third-order valence-electron chi connectivity index (χ3n) is 5.05. The monoisotopic (exact) mass is 278 g/mol. The van der Waals surface area contributed by atoms with Gasteiger partial charge in [-0.3, -0.25) is 0 Å². The first kappa shape index (κ1) is 15.8. The van der Waals surface area contributed by atoms with Crippen LogP contribution in [0, 0.1) is 17.2 Å². The lowest BCUT2D eigenvalue weighted by Gasteiger charge is -2.35. The molecule has 0 bridgehead atoms. The fourth-order valence-corrected chi connectivity index (χ4v) is 3.13. The maximum Gasteiger partial charge on any atom is 0.106 e. The van der Waals surface area contributed by atoms with E-state index in [2.05, 4.69) is 28.1 Å². The zero-order chi connectivity index (χ0) is 14.4. The zero-order valence-corrected chi connectivity index (χ0v) is 13.2. The Morgan fingerprint density at radius 3 is 2.35 bits per heavy atom.